The van der Waals surface area contributed by atoms with Gasteiger partial charge in [-0.15, -0.1) is 0 Å². The number of alkyl carbamates (subject to hydrolysis) is 1. The van der Waals surface area contributed by atoms with Crippen LogP contribution in [0.2, 0.25) is 0 Å². The van der Waals surface area contributed by atoms with Gasteiger partial charge >= 0.3 is 6.09 Å². The highest BCUT2D eigenvalue weighted by molar-refractivity contribution is 5.68. The molecule has 5 nitrogen and oxygen atoms in total. The van der Waals surface area contributed by atoms with Crippen LogP contribution in [0.1, 0.15) is 53.9 Å². The number of amides is 1. The molecule has 20 heavy (non-hydrogen) atoms. The molecule has 0 heterocycles. The Morgan fingerprint density at radius 3 is 2.25 bits per heavy atom. The van der Waals surface area contributed by atoms with E-state index in [-0.39, 0.29) is 17.7 Å². The first kappa shape index (κ1) is 17.2. The predicted molar refractivity (Wildman–Crippen MR) is 79.9 cm³/mol. The summed E-state index contributed by atoms with van der Waals surface area (Å²) in [5.41, 5.74) is -0.512. The third-order valence-electron chi connectivity index (χ3n) is 3.57. The number of rotatable bonds is 6. The molecule has 0 aromatic heterocycles. The van der Waals surface area contributed by atoms with Gasteiger partial charge in [0.1, 0.15) is 5.60 Å². The normalized spacial score (nSPS) is 23.1. The van der Waals surface area contributed by atoms with Gasteiger partial charge < -0.3 is 20.1 Å². The molecule has 0 radical (unpaired) electrons. The van der Waals surface area contributed by atoms with Crippen molar-refractivity contribution in [3.63, 3.8) is 0 Å². The molecule has 1 fully saturated rings. The van der Waals surface area contributed by atoms with Gasteiger partial charge in [0, 0.05) is 19.2 Å². The first-order valence-electron chi connectivity index (χ1n) is 7.39. The van der Waals surface area contributed by atoms with Crippen molar-refractivity contribution in [3.8, 4) is 0 Å². The molecule has 1 aliphatic carbocycles. The van der Waals surface area contributed by atoms with Gasteiger partial charge in [0.2, 0.25) is 0 Å². The van der Waals surface area contributed by atoms with Gasteiger partial charge in [0.25, 0.3) is 0 Å². The molecule has 1 amide bonds. The quantitative estimate of drug-likeness (QED) is 0.787. The van der Waals surface area contributed by atoms with Crippen LogP contribution >= 0.6 is 0 Å². The molecule has 5 heteroatoms. The SMILES string of the molecule is COC(C)(C)CCNC1CC(NC(=O)OC(C)(C)C)C1. The van der Waals surface area contributed by atoms with E-state index in [1.807, 2.05) is 20.8 Å². The summed E-state index contributed by atoms with van der Waals surface area (Å²) in [7, 11) is 1.74. The zero-order valence-electron chi connectivity index (χ0n) is 13.7. The fourth-order valence-corrected chi connectivity index (χ4v) is 2.06. The highest BCUT2D eigenvalue weighted by Crippen LogP contribution is 2.21. The summed E-state index contributed by atoms with van der Waals surface area (Å²) in [6, 6.07) is 0.723. The Morgan fingerprint density at radius 1 is 1.15 bits per heavy atom. The molecule has 2 N–H and O–H groups in total. The summed E-state index contributed by atoms with van der Waals surface area (Å²) >= 11 is 0. The molecule has 0 atom stereocenters. The van der Waals surface area contributed by atoms with Crippen LogP contribution in [0.3, 0.4) is 0 Å². The molecule has 1 aliphatic rings. The molecular weight excluding hydrogens is 256 g/mol. The van der Waals surface area contributed by atoms with E-state index in [1.165, 1.54) is 0 Å². The maximum Gasteiger partial charge on any atom is 0.407 e. The first-order valence-corrected chi connectivity index (χ1v) is 7.39. The Kier molecular flexibility index (Phi) is 5.83. The van der Waals surface area contributed by atoms with Crippen molar-refractivity contribution in [3.05, 3.63) is 0 Å². The van der Waals surface area contributed by atoms with Crippen LogP contribution in [0.4, 0.5) is 4.79 Å². The van der Waals surface area contributed by atoms with Gasteiger partial charge in [-0.3, -0.25) is 0 Å². The van der Waals surface area contributed by atoms with Crippen LogP contribution in [0.15, 0.2) is 0 Å². The van der Waals surface area contributed by atoms with Gasteiger partial charge in [-0.05, 0) is 60.4 Å². The highest BCUT2D eigenvalue weighted by atomic mass is 16.6. The Labute approximate surface area is 122 Å². The number of methoxy groups -OCH3 is 1. The lowest BCUT2D eigenvalue weighted by Gasteiger charge is -2.37. The Morgan fingerprint density at radius 2 is 1.75 bits per heavy atom. The van der Waals surface area contributed by atoms with E-state index in [2.05, 4.69) is 24.5 Å². The van der Waals surface area contributed by atoms with Gasteiger partial charge in [0.15, 0.2) is 0 Å². The molecule has 0 spiro atoms. The molecule has 0 aliphatic heterocycles. The molecule has 118 valence electrons. The maximum absolute atomic E-state index is 11.6. The summed E-state index contributed by atoms with van der Waals surface area (Å²) in [5, 5.41) is 6.38. The topological polar surface area (TPSA) is 59.6 Å². The van der Waals surface area contributed by atoms with Gasteiger partial charge in [0.05, 0.1) is 5.60 Å². The average Bonchev–Trinajstić information content (AvgIpc) is 2.22. The monoisotopic (exact) mass is 286 g/mol. The molecule has 0 saturated heterocycles. The largest absolute Gasteiger partial charge is 0.444 e. The highest BCUT2D eigenvalue weighted by Gasteiger charge is 2.31. The second kappa shape index (κ2) is 6.76. The van der Waals surface area contributed by atoms with Crippen molar-refractivity contribution in [2.24, 2.45) is 0 Å². The smallest absolute Gasteiger partial charge is 0.407 e. The standard InChI is InChI=1S/C15H30N2O3/c1-14(2,3)20-13(18)17-12-9-11(10-12)16-8-7-15(4,5)19-6/h11-12,16H,7-10H2,1-6H3,(H,17,18). The Hall–Kier alpha value is -0.810. The van der Waals surface area contributed by atoms with Crippen LogP contribution in [0.25, 0.3) is 0 Å². The number of ether oxygens (including phenoxy) is 2. The molecule has 0 aromatic rings. The van der Waals surface area contributed by atoms with Crippen LogP contribution in [0.5, 0.6) is 0 Å². The zero-order valence-corrected chi connectivity index (χ0v) is 13.7. The summed E-state index contributed by atoms with van der Waals surface area (Å²) in [6.07, 6.45) is 2.59. The van der Waals surface area contributed by atoms with Crippen LogP contribution in [0, 0.1) is 0 Å². The van der Waals surface area contributed by atoms with E-state index in [0.29, 0.717) is 6.04 Å². The molecule has 0 aromatic carbocycles. The summed E-state index contributed by atoms with van der Waals surface area (Å²) in [6.45, 7) is 10.7. The summed E-state index contributed by atoms with van der Waals surface area (Å²) in [5.74, 6) is 0. The van der Waals surface area contributed by atoms with Gasteiger partial charge in [-0.25, -0.2) is 4.79 Å². The lowest BCUT2D eigenvalue weighted by atomic mass is 9.86. The second-order valence-corrected chi connectivity index (χ2v) is 7.18. The Balaban J connectivity index is 2.10. The van der Waals surface area contributed by atoms with E-state index in [0.717, 1.165) is 25.8 Å². The first-order chi connectivity index (χ1) is 9.11. The van der Waals surface area contributed by atoms with Crippen LogP contribution in [-0.2, 0) is 9.47 Å². The van der Waals surface area contributed by atoms with Gasteiger partial charge in [-0.2, -0.15) is 0 Å². The third kappa shape index (κ3) is 6.57. The van der Waals surface area contributed by atoms with E-state index in [4.69, 9.17) is 9.47 Å². The van der Waals surface area contributed by atoms with Crippen molar-refractivity contribution in [1.29, 1.82) is 0 Å². The van der Waals surface area contributed by atoms with E-state index in [9.17, 15) is 4.79 Å². The van der Waals surface area contributed by atoms with E-state index < -0.39 is 5.60 Å². The number of nitrogens with one attached hydrogen (secondary N) is 2. The molecule has 0 bridgehead atoms. The van der Waals surface area contributed by atoms with E-state index >= 15 is 0 Å². The molecule has 1 rings (SSSR count). The van der Waals surface area contributed by atoms with Crippen molar-refractivity contribution in [2.45, 2.75) is 77.2 Å². The lowest BCUT2D eigenvalue weighted by molar-refractivity contribution is 0.0144. The fraction of sp³-hybridized carbons (Fsp3) is 0.933. The predicted octanol–water partition coefficient (Wildman–Crippen LogP) is 2.45. The molecule has 1 saturated carbocycles. The number of hydrogen-bond donors (Lipinski definition) is 2. The molecular formula is C15H30N2O3. The molecule has 0 unspecified atom stereocenters. The minimum absolute atomic E-state index is 0.0785. The Bertz CT molecular complexity index is 318. The lowest BCUT2D eigenvalue weighted by Crippen LogP contribution is -2.53. The zero-order chi connectivity index (χ0) is 15.4. The van der Waals surface area contributed by atoms with Crippen LogP contribution < -0.4 is 10.6 Å². The third-order valence-corrected chi connectivity index (χ3v) is 3.57. The van der Waals surface area contributed by atoms with Crippen molar-refractivity contribution in [1.82, 2.24) is 10.6 Å². The van der Waals surface area contributed by atoms with E-state index in [1.54, 1.807) is 7.11 Å². The maximum atomic E-state index is 11.6. The van der Waals surface area contributed by atoms with Crippen molar-refractivity contribution >= 4 is 6.09 Å². The minimum Gasteiger partial charge on any atom is -0.444 e. The number of carbonyl (C=O) groups excluding carboxylic acids is 1. The fourth-order valence-electron chi connectivity index (χ4n) is 2.06. The van der Waals surface area contributed by atoms with Crippen LogP contribution in [-0.4, -0.2) is 43.0 Å². The van der Waals surface area contributed by atoms with Crippen molar-refractivity contribution in [2.75, 3.05) is 13.7 Å². The minimum atomic E-state index is -0.433. The number of hydrogen-bond acceptors (Lipinski definition) is 4. The second-order valence-electron chi connectivity index (χ2n) is 7.18. The summed E-state index contributed by atoms with van der Waals surface area (Å²) < 4.78 is 10.6. The van der Waals surface area contributed by atoms with Crippen molar-refractivity contribution < 1.29 is 14.3 Å². The number of carbonyl (C=O) groups is 1. The average molecular weight is 286 g/mol. The summed E-state index contributed by atoms with van der Waals surface area (Å²) in [4.78, 5) is 11.6. The van der Waals surface area contributed by atoms with Gasteiger partial charge in [-0.1, -0.05) is 0 Å².